The molecule has 0 aliphatic rings. The highest BCUT2D eigenvalue weighted by Gasteiger charge is 2.13. The zero-order valence-corrected chi connectivity index (χ0v) is 20.9. The number of aromatic nitrogens is 1. The molecule has 0 atom stereocenters. The van der Waals surface area contributed by atoms with E-state index in [2.05, 4.69) is 36.0 Å². The summed E-state index contributed by atoms with van der Waals surface area (Å²) < 4.78 is 10.8. The SMILES string of the molecule is CCNC(=NCc1nc(C)c(C)s1)N(C)Cc1cc(OC)c(OC)cc1C.I. The number of rotatable bonds is 7. The van der Waals surface area contributed by atoms with Gasteiger partial charge in [0.2, 0.25) is 0 Å². The molecule has 2 aromatic rings. The van der Waals surface area contributed by atoms with Crippen molar-refractivity contribution in [2.75, 3.05) is 27.8 Å². The fourth-order valence-corrected chi connectivity index (χ4v) is 3.60. The van der Waals surface area contributed by atoms with E-state index in [4.69, 9.17) is 14.5 Å². The number of halogens is 1. The van der Waals surface area contributed by atoms with Gasteiger partial charge in [-0.15, -0.1) is 35.3 Å². The Morgan fingerprint density at radius 1 is 1.18 bits per heavy atom. The number of nitrogens with zero attached hydrogens (tertiary/aromatic N) is 3. The molecule has 156 valence electrons. The van der Waals surface area contributed by atoms with Crippen LogP contribution in [0.3, 0.4) is 0 Å². The summed E-state index contributed by atoms with van der Waals surface area (Å²) in [6.45, 7) is 10.4. The lowest BCUT2D eigenvalue weighted by atomic mass is 10.1. The number of methoxy groups -OCH3 is 2. The van der Waals surface area contributed by atoms with E-state index in [0.717, 1.165) is 40.3 Å². The van der Waals surface area contributed by atoms with Gasteiger partial charge in [-0.25, -0.2) is 9.98 Å². The summed E-state index contributed by atoms with van der Waals surface area (Å²) >= 11 is 1.71. The molecule has 1 heterocycles. The minimum atomic E-state index is 0. The maximum Gasteiger partial charge on any atom is 0.194 e. The fourth-order valence-electron chi connectivity index (χ4n) is 2.74. The molecule has 0 aliphatic heterocycles. The summed E-state index contributed by atoms with van der Waals surface area (Å²) in [6, 6.07) is 4.04. The molecule has 0 unspecified atom stereocenters. The van der Waals surface area contributed by atoms with Crippen LogP contribution in [0.4, 0.5) is 0 Å². The second kappa shape index (κ2) is 11.5. The zero-order valence-electron chi connectivity index (χ0n) is 17.8. The Labute approximate surface area is 189 Å². The second-order valence-electron chi connectivity index (χ2n) is 6.41. The molecule has 1 aromatic carbocycles. The highest BCUT2D eigenvalue weighted by Crippen LogP contribution is 2.30. The number of ether oxygens (including phenoxy) is 2. The van der Waals surface area contributed by atoms with E-state index in [1.807, 2.05) is 26.1 Å². The van der Waals surface area contributed by atoms with Gasteiger partial charge in [-0.3, -0.25) is 0 Å². The number of benzene rings is 1. The molecule has 0 amide bonds. The van der Waals surface area contributed by atoms with Crippen LogP contribution in [0.1, 0.15) is 33.6 Å². The first-order valence-corrected chi connectivity index (χ1v) is 9.85. The molecule has 0 aliphatic carbocycles. The number of aliphatic imine (C=N–C) groups is 1. The number of hydrogen-bond acceptors (Lipinski definition) is 5. The molecular formula is C20H31IN4O2S. The minimum absolute atomic E-state index is 0. The van der Waals surface area contributed by atoms with Gasteiger partial charge in [-0.2, -0.15) is 0 Å². The van der Waals surface area contributed by atoms with Crippen LogP contribution in [0.15, 0.2) is 17.1 Å². The Hall–Kier alpha value is -1.55. The van der Waals surface area contributed by atoms with Gasteiger partial charge in [0, 0.05) is 25.0 Å². The van der Waals surface area contributed by atoms with Gasteiger partial charge < -0.3 is 19.7 Å². The average Bonchev–Trinajstić information content (AvgIpc) is 2.97. The van der Waals surface area contributed by atoms with E-state index in [9.17, 15) is 0 Å². The second-order valence-corrected chi connectivity index (χ2v) is 7.70. The molecule has 28 heavy (non-hydrogen) atoms. The summed E-state index contributed by atoms with van der Waals surface area (Å²) in [5.74, 6) is 2.34. The van der Waals surface area contributed by atoms with E-state index < -0.39 is 0 Å². The van der Waals surface area contributed by atoms with Crippen LogP contribution in [-0.2, 0) is 13.1 Å². The van der Waals surface area contributed by atoms with Crippen LogP contribution < -0.4 is 14.8 Å². The van der Waals surface area contributed by atoms with Gasteiger partial charge in [0.15, 0.2) is 17.5 Å². The van der Waals surface area contributed by atoms with Crippen molar-refractivity contribution in [1.82, 2.24) is 15.2 Å². The van der Waals surface area contributed by atoms with Gasteiger partial charge >= 0.3 is 0 Å². The Bertz CT molecular complexity index is 788. The normalized spacial score (nSPS) is 11.0. The first-order valence-electron chi connectivity index (χ1n) is 9.03. The van der Waals surface area contributed by atoms with E-state index in [1.165, 1.54) is 10.4 Å². The van der Waals surface area contributed by atoms with Gasteiger partial charge in [-0.05, 0) is 51.0 Å². The van der Waals surface area contributed by atoms with Crippen molar-refractivity contribution < 1.29 is 9.47 Å². The monoisotopic (exact) mass is 518 g/mol. The average molecular weight is 518 g/mol. The maximum absolute atomic E-state index is 5.44. The van der Waals surface area contributed by atoms with Crippen molar-refractivity contribution in [3.63, 3.8) is 0 Å². The largest absolute Gasteiger partial charge is 0.493 e. The van der Waals surface area contributed by atoms with E-state index in [0.29, 0.717) is 13.1 Å². The van der Waals surface area contributed by atoms with Crippen molar-refractivity contribution in [2.24, 2.45) is 4.99 Å². The van der Waals surface area contributed by atoms with Gasteiger partial charge in [0.25, 0.3) is 0 Å². The van der Waals surface area contributed by atoms with E-state index >= 15 is 0 Å². The third-order valence-electron chi connectivity index (χ3n) is 4.38. The third kappa shape index (κ3) is 6.23. The third-order valence-corrected chi connectivity index (χ3v) is 5.44. The lowest BCUT2D eigenvalue weighted by Crippen LogP contribution is -2.38. The van der Waals surface area contributed by atoms with Crippen LogP contribution in [0, 0.1) is 20.8 Å². The standard InChI is InChI=1S/C20H30N4O2S.HI/c1-8-21-20(22-11-19-23-14(3)15(4)27-19)24(5)12-16-10-18(26-7)17(25-6)9-13(16)2;/h9-10H,8,11-12H2,1-7H3,(H,21,22);1H. The van der Waals surface area contributed by atoms with E-state index in [-0.39, 0.29) is 24.0 Å². The van der Waals surface area contributed by atoms with Crippen molar-refractivity contribution in [3.8, 4) is 11.5 Å². The molecule has 1 N–H and O–H groups in total. The Balaban J connectivity index is 0.00000392. The minimum Gasteiger partial charge on any atom is -0.493 e. The summed E-state index contributed by atoms with van der Waals surface area (Å²) in [4.78, 5) is 12.7. The molecule has 2 rings (SSSR count). The van der Waals surface area contributed by atoms with Crippen LogP contribution in [0.2, 0.25) is 0 Å². The summed E-state index contributed by atoms with van der Waals surface area (Å²) in [5.41, 5.74) is 3.41. The highest BCUT2D eigenvalue weighted by molar-refractivity contribution is 14.0. The number of guanidine groups is 1. The van der Waals surface area contributed by atoms with Crippen molar-refractivity contribution in [1.29, 1.82) is 0 Å². The van der Waals surface area contributed by atoms with Gasteiger partial charge in [-0.1, -0.05) is 0 Å². The van der Waals surface area contributed by atoms with Crippen LogP contribution in [0.25, 0.3) is 0 Å². The summed E-state index contributed by atoms with van der Waals surface area (Å²) in [5, 5.41) is 4.40. The number of thiazole rings is 1. The Morgan fingerprint density at radius 2 is 1.82 bits per heavy atom. The molecule has 0 saturated carbocycles. The molecule has 0 bridgehead atoms. The fraction of sp³-hybridized carbons (Fsp3) is 0.500. The molecule has 0 fully saturated rings. The molecule has 0 spiro atoms. The first-order chi connectivity index (χ1) is 12.9. The highest BCUT2D eigenvalue weighted by atomic mass is 127. The number of nitrogens with one attached hydrogen (secondary N) is 1. The lowest BCUT2D eigenvalue weighted by Gasteiger charge is -2.23. The predicted octanol–water partition coefficient (Wildman–Crippen LogP) is 4.30. The molecule has 0 saturated heterocycles. The molecule has 1 aromatic heterocycles. The maximum atomic E-state index is 5.44. The Morgan fingerprint density at radius 3 is 2.36 bits per heavy atom. The van der Waals surface area contributed by atoms with Crippen LogP contribution in [0.5, 0.6) is 11.5 Å². The van der Waals surface area contributed by atoms with Gasteiger partial charge in [0.1, 0.15) is 5.01 Å². The summed E-state index contributed by atoms with van der Waals surface area (Å²) in [7, 11) is 5.35. The first kappa shape index (κ1) is 24.5. The van der Waals surface area contributed by atoms with Crippen molar-refractivity contribution in [3.05, 3.63) is 38.8 Å². The molecule has 8 heteroatoms. The van der Waals surface area contributed by atoms with Crippen molar-refractivity contribution in [2.45, 2.75) is 40.8 Å². The number of hydrogen-bond donors (Lipinski definition) is 1. The van der Waals surface area contributed by atoms with E-state index in [1.54, 1.807) is 25.6 Å². The number of aryl methyl sites for hydroxylation is 3. The van der Waals surface area contributed by atoms with Crippen molar-refractivity contribution >= 4 is 41.3 Å². The molecular weight excluding hydrogens is 487 g/mol. The molecule has 6 nitrogen and oxygen atoms in total. The molecule has 0 radical (unpaired) electrons. The quantitative estimate of drug-likeness (QED) is 0.337. The predicted molar refractivity (Wildman–Crippen MR) is 128 cm³/mol. The van der Waals surface area contributed by atoms with Gasteiger partial charge in [0.05, 0.1) is 26.5 Å². The smallest absolute Gasteiger partial charge is 0.194 e. The lowest BCUT2D eigenvalue weighted by molar-refractivity contribution is 0.353. The van der Waals surface area contributed by atoms with Crippen LogP contribution in [-0.4, -0.2) is 43.7 Å². The topological polar surface area (TPSA) is 59.0 Å². The van der Waals surface area contributed by atoms with Crippen LogP contribution >= 0.6 is 35.3 Å². The summed E-state index contributed by atoms with van der Waals surface area (Å²) in [6.07, 6.45) is 0. The zero-order chi connectivity index (χ0) is 20.0. The Kier molecular flexibility index (Phi) is 10.0.